The summed E-state index contributed by atoms with van der Waals surface area (Å²) in [4.78, 5) is 28.5. The number of carbonyl (C=O) groups excluding carboxylic acids is 2. The van der Waals surface area contributed by atoms with Crippen LogP contribution in [0.15, 0.2) is 48.5 Å². The Morgan fingerprint density at radius 2 is 1.79 bits per heavy atom. The number of ether oxygens (including phenoxy) is 1. The Labute approximate surface area is 227 Å². The number of benzene rings is 2. The lowest BCUT2D eigenvalue weighted by Gasteiger charge is -2.32. The van der Waals surface area contributed by atoms with Crippen LogP contribution in [0.1, 0.15) is 63.0 Å². The topological polar surface area (TPSA) is 96.0 Å². The molecule has 3 rings (SSSR count). The van der Waals surface area contributed by atoms with E-state index in [1.807, 2.05) is 38.1 Å². The van der Waals surface area contributed by atoms with Crippen LogP contribution in [0.4, 0.5) is 5.69 Å². The molecule has 1 aliphatic rings. The maximum absolute atomic E-state index is 13.6. The van der Waals surface area contributed by atoms with Gasteiger partial charge in [0.05, 0.1) is 19.1 Å². The maximum atomic E-state index is 13.6. The van der Waals surface area contributed by atoms with Crippen molar-refractivity contribution in [3.8, 4) is 5.75 Å². The molecule has 0 spiro atoms. The molecule has 208 valence electrons. The van der Waals surface area contributed by atoms with Crippen molar-refractivity contribution in [2.45, 2.75) is 77.4 Å². The second kappa shape index (κ2) is 13.6. The molecule has 0 aliphatic heterocycles. The van der Waals surface area contributed by atoms with Crippen molar-refractivity contribution in [1.29, 1.82) is 0 Å². The van der Waals surface area contributed by atoms with E-state index in [9.17, 15) is 18.0 Å². The molecule has 1 aliphatic carbocycles. The van der Waals surface area contributed by atoms with E-state index in [1.165, 1.54) is 4.31 Å². The SMILES string of the molecule is CCC(C(=O)NC1CCCC1)N(Cc1cccc(C)c1)C(=O)CCCN(c1ccc(OC)cc1)S(C)(=O)=O. The molecule has 8 nitrogen and oxygen atoms in total. The van der Waals surface area contributed by atoms with Crippen molar-refractivity contribution in [3.05, 3.63) is 59.7 Å². The summed E-state index contributed by atoms with van der Waals surface area (Å²) in [6, 6.07) is 14.3. The average Bonchev–Trinajstić information content (AvgIpc) is 3.39. The molecule has 1 atom stereocenters. The smallest absolute Gasteiger partial charge is 0.243 e. The number of carbonyl (C=O) groups is 2. The van der Waals surface area contributed by atoms with E-state index in [2.05, 4.69) is 5.32 Å². The van der Waals surface area contributed by atoms with Crippen LogP contribution in [0.25, 0.3) is 0 Å². The quantitative estimate of drug-likeness (QED) is 0.404. The van der Waals surface area contributed by atoms with E-state index in [1.54, 1.807) is 36.3 Å². The van der Waals surface area contributed by atoms with E-state index in [0.717, 1.165) is 43.1 Å². The molecule has 0 heterocycles. The Kier molecular flexibility index (Phi) is 10.6. The predicted molar refractivity (Wildman–Crippen MR) is 151 cm³/mol. The summed E-state index contributed by atoms with van der Waals surface area (Å²) >= 11 is 0. The monoisotopic (exact) mass is 543 g/mol. The molecule has 0 saturated heterocycles. The predicted octanol–water partition coefficient (Wildman–Crippen LogP) is 4.42. The number of aryl methyl sites for hydroxylation is 1. The molecular formula is C29H41N3O5S. The standard InChI is InChI=1S/C29H41N3O5S/c1-5-27(29(34)30-24-12-6-7-13-24)31(21-23-11-8-10-22(2)20-23)28(33)14-9-19-32(38(4,35)36)25-15-17-26(37-3)18-16-25/h8,10-11,15-18,20,24,27H,5-7,9,12-14,19,21H2,1-4H3,(H,30,34). The summed E-state index contributed by atoms with van der Waals surface area (Å²) < 4.78 is 31.5. The number of hydrogen-bond donors (Lipinski definition) is 1. The molecule has 0 radical (unpaired) electrons. The van der Waals surface area contributed by atoms with Crippen molar-refractivity contribution in [2.75, 3.05) is 24.2 Å². The number of anilines is 1. The lowest BCUT2D eigenvalue weighted by atomic mass is 10.1. The van der Waals surface area contributed by atoms with Crippen LogP contribution in [-0.2, 0) is 26.2 Å². The van der Waals surface area contributed by atoms with Gasteiger partial charge in [-0.3, -0.25) is 13.9 Å². The molecule has 0 bridgehead atoms. The first-order valence-corrected chi connectivity index (χ1v) is 15.2. The van der Waals surface area contributed by atoms with Crippen molar-refractivity contribution in [3.63, 3.8) is 0 Å². The fourth-order valence-electron chi connectivity index (χ4n) is 5.05. The van der Waals surface area contributed by atoms with Gasteiger partial charge < -0.3 is 15.0 Å². The molecule has 9 heteroatoms. The minimum atomic E-state index is -3.55. The molecule has 1 fully saturated rings. The first-order valence-electron chi connectivity index (χ1n) is 13.4. The van der Waals surface area contributed by atoms with Gasteiger partial charge in [-0.05, 0) is 62.4 Å². The highest BCUT2D eigenvalue weighted by molar-refractivity contribution is 7.92. The highest BCUT2D eigenvalue weighted by Gasteiger charge is 2.30. The molecular weight excluding hydrogens is 502 g/mol. The van der Waals surface area contributed by atoms with Crippen LogP contribution in [0, 0.1) is 6.92 Å². The zero-order valence-corrected chi connectivity index (χ0v) is 23.8. The van der Waals surface area contributed by atoms with Gasteiger partial charge in [-0.25, -0.2) is 8.42 Å². The number of methoxy groups -OCH3 is 1. The molecule has 2 aromatic carbocycles. The zero-order chi connectivity index (χ0) is 27.7. The van der Waals surface area contributed by atoms with E-state index in [-0.39, 0.29) is 30.8 Å². The van der Waals surface area contributed by atoms with Crippen LogP contribution in [-0.4, -0.2) is 57.1 Å². The Hall–Kier alpha value is -3.07. The lowest BCUT2D eigenvalue weighted by Crippen LogP contribution is -2.51. The van der Waals surface area contributed by atoms with Gasteiger partial charge in [0.2, 0.25) is 21.8 Å². The van der Waals surface area contributed by atoms with Gasteiger partial charge in [-0.15, -0.1) is 0 Å². The van der Waals surface area contributed by atoms with Gasteiger partial charge in [0.25, 0.3) is 0 Å². The second-order valence-corrected chi connectivity index (χ2v) is 12.0. The van der Waals surface area contributed by atoms with E-state index >= 15 is 0 Å². The van der Waals surface area contributed by atoms with Crippen molar-refractivity contribution >= 4 is 27.5 Å². The van der Waals surface area contributed by atoms with Crippen LogP contribution in [0.5, 0.6) is 5.75 Å². The van der Waals surface area contributed by atoms with E-state index < -0.39 is 16.1 Å². The van der Waals surface area contributed by atoms with Crippen molar-refractivity contribution in [2.24, 2.45) is 0 Å². The number of rotatable bonds is 13. The molecule has 2 amide bonds. The third-order valence-electron chi connectivity index (χ3n) is 7.04. The zero-order valence-electron chi connectivity index (χ0n) is 23.0. The summed E-state index contributed by atoms with van der Waals surface area (Å²) in [6.45, 7) is 4.40. The molecule has 38 heavy (non-hydrogen) atoms. The number of amides is 2. The van der Waals surface area contributed by atoms with Gasteiger partial charge in [-0.2, -0.15) is 0 Å². The minimum absolute atomic E-state index is 0.114. The summed E-state index contributed by atoms with van der Waals surface area (Å²) in [5.41, 5.74) is 2.56. The minimum Gasteiger partial charge on any atom is -0.497 e. The van der Waals surface area contributed by atoms with Gasteiger partial charge >= 0.3 is 0 Å². The van der Waals surface area contributed by atoms with Crippen molar-refractivity contribution < 1.29 is 22.7 Å². The number of hydrogen-bond acceptors (Lipinski definition) is 5. The average molecular weight is 544 g/mol. The number of nitrogens with one attached hydrogen (secondary N) is 1. The van der Waals surface area contributed by atoms with Crippen molar-refractivity contribution in [1.82, 2.24) is 10.2 Å². The second-order valence-electron chi connectivity index (χ2n) is 10.1. The molecule has 1 unspecified atom stereocenters. The molecule has 1 N–H and O–H groups in total. The third kappa shape index (κ3) is 8.21. The Morgan fingerprint density at radius 1 is 1.11 bits per heavy atom. The first kappa shape index (κ1) is 29.5. The van der Waals surface area contributed by atoms with Gasteiger partial charge in [-0.1, -0.05) is 49.6 Å². The van der Waals surface area contributed by atoms with Gasteiger partial charge in [0, 0.05) is 25.6 Å². The van der Waals surface area contributed by atoms with Crippen LogP contribution >= 0.6 is 0 Å². The highest BCUT2D eigenvalue weighted by Crippen LogP contribution is 2.23. The Balaban J connectivity index is 1.75. The first-order chi connectivity index (χ1) is 18.1. The normalized spacial score (nSPS) is 14.6. The molecule has 2 aromatic rings. The highest BCUT2D eigenvalue weighted by atomic mass is 32.2. The Bertz CT molecular complexity index is 1180. The Morgan fingerprint density at radius 3 is 2.37 bits per heavy atom. The number of nitrogens with zero attached hydrogens (tertiary/aromatic N) is 2. The summed E-state index contributed by atoms with van der Waals surface area (Å²) in [7, 11) is -2.00. The van der Waals surface area contributed by atoms with E-state index in [4.69, 9.17) is 4.74 Å². The lowest BCUT2D eigenvalue weighted by molar-refractivity contribution is -0.141. The van der Waals surface area contributed by atoms with E-state index in [0.29, 0.717) is 30.8 Å². The summed E-state index contributed by atoms with van der Waals surface area (Å²) in [6.07, 6.45) is 6.27. The largest absolute Gasteiger partial charge is 0.497 e. The maximum Gasteiger partial charge on any atom is 0.243 e. The van der Waals surface area contributed by atoms with Crippen LogP contribution in [0.3, 0.4) is 0 Å². The van der Waals surface area contributed by atoms with Crippen LogP contribution < -0.4 is 14.4 Å². The fraction of sp³-hybridized carbons (Fsp3) is 0.517. The molecule has 0 aromatic heterocycles. The summed E-state index contributed by atoms with van der Waals surface area (Å²) in [5.74, 6) is 0.352. The van der Waals surface area contributed by atoms with Gasteiger partial charge in [0.15, 0.2) is 0 Å². The van der Waals surface area contributed by atoms with Gasteiger partial charge in [0.1, 0.15) is 11.8 Å². The third-order valence-corrected chi connectivity index (χ3v) is 8.23. The fourth-order valence-corrected chi connectivity index (χ4v) is 6.01. The number of sulfonamides is 1. The molecule has 1 saturated carbocycles. The van der Waals surface area contributed by atoms with Crippen LogP contribution in [0.2, 0.25) is 0 Å². The summed E-state index contributed by atoms with van der Waals surface area (Å²) in [5, 5.41) is 3.16.